The van der Waals surface area contributed by atoms with Crippen LogP contribution in [0.5, 0.6) is 0 Å². The Hall–Kier alpha value is -0.340. The van der Waals surface area contributed by atoms with Crippen LogP contribution in [0.4, 0.5) is 0 Å². The van der Waals surface area contributed by atoms with Crippen molar-refractivity contribution in [3.05, 3.63) is 65.7 Å². The molecule has 0 spiro atoms. The first-order chi connectivity index (χ1) is 6.84. The van der Waals surface area contributed by atoms with Crippen molar-refractivity contribution >= 4 is 12.6 Å². The van der Waals surface area contributed by atoms with E-state index in [0.29, 0.717) is 0 Å². The van der Waals surface area contributed by atoms with E-state index in [2.05, 4.69) is 36.4 Å². The van der Waals surface area contributed by atoms with Crippen LogP contribution in [0.25, 0.3) is 0 Å². The molecule has 0 aliphatic carbocycles. The zero-order valence-electron chi connectivity index (χ0n) is 8.81. The van der Waals surface area contributed by atoms with E-state index >= 15 is 0 Å². The molecule has 2 aromatic carbocycles. The summed E-state index contributed by atoms with van der Waals surface area (Å²) >= 11 is 5.04. The van der Waals surface area contributed by atoms with Crippen molar-refractivity contribution in [3.8, 4) is 0 Å². The average molecular weight is 222 g/mol. The van der Waals surface area contributed by atoms with Gasteiger partial charge in [-0.1, -0.05) is 54.6 Å². The molecular formula is C13H11NaS. The average Bonchev–Trinajstić information content (AvgIpc) is 2.23. The predicted molar refractivity (Wildman–Crippen MR) is 61.3 cm³/mol. The molecule has 0 aliphatic rings. The summed E-state index contributed by atoms with van der Waals surface area (Å²) in [5, 5.41) is 0. The van der Waals surface area contributed by atoms with Gasteiger partial charge in [-0.05, 0) is 17.5 Å². The van der Waals surface area contributed by atoms with Gasteiger partial charge in [0.2, 0.25) is 0 Å². The van der Waals surface area contributed by atoms with Crippen LogP contribution in [-0.4, -0.2) is 0 Å². The molecule has 2 heteroatoms. The van der Waals surface area contributed by atoms with Gasteiger partial charge in [0.25, 0.3) is 0 Å². The summed E-state index contributed by atoms with van der Waals surface area (Å²) in [7, 11) is 0. The summed E-state index contributed by atoms with van der Waals surface area (Å²) in [6, 6.07) is 18.6. The van der Waals surface area contributed by atoms with E-state index in [-0.39, 0.29) is 29.6 Å². The van der Waals surface area contributed by atoms with E-state index in [0.717, 1.165) is 11.3 Å². The van der Waals surface area contributed by atoms with Crippen molar-refractivity contribution in [2.75, 3.05) is 0 Å². The molecule has 0 aromatic heterocycles. The number of hydrogen-bond donors (Lipinski definition) is 0. The molecule has 15 heavy (non-hydrogen) atoms. The van der Waals surface area contributed by atoms with Crippen LogP contribution >= 0.6 is 0 Å². The van der Waals surface area contributed by atoms with Gasteiger partial charge < -0.3 is 12.6 Å². The minimum atomic E-state index is 0. The first kappa shape index (κ1) is 12.7. The van der Waals surface area contributed by atoms with E-state index in [1.165, 1.54) is 11.1 Å². The molecule has 0 fully saturated rings. The fourth-order valence-corrected chi connectivity index (χ4v) is 1.57. The molecule has 0 amide bonds. The second-order valence-corrected chi connectivity index (χ2v) is 3.78. The maximum Gasteiger partial charge on any atom is 1.00 e. The molecule has 0 bridgehead atoms. The molecule has 0 unspecified atom stereocenters. The van der Waals surface area contributed by atoms with Crippen molar-refractivity contribution in [3.63, 3.8) is 0 Å². The van der Waals surface area contributed by atoms with Gasteiger partial charge in [0.05, 0.1) is 0 Å². The minimum Gasteiger partial charge on any atom is -0.780 e. The summed E-state index contributed by atoms with van der Waals surface area (Å²) in [6.45, 7) is 0. The van der Waals surface area contributed by atoms with E-state index in [9.17, 15) is 0 Å². The van der Waals surface area contributed by atoms with Crippen LogP contribution in [-0.2, 0) is 19.0 Å². The monoisotopic (exact) mass is 222 g/mol. The Morgan fingerprint density at radius 2 is 1.27 bits per heavy atom. The summed E-state index contributed by atoms with van der Waals surface area (Å²) in [5.74, 6) is 0. The molecular weight excluding hydrogens is 211 g/mol. The van der Waals surface area contributed by atoms with Crippen molar-refractivity contribution < 1.29 is 29.6 Å². The smallest absolute Gasteiger partial charge is 0.780 e. The van der Waals surface area contributed by atoms with E-state index in [1.807, 2.05) is 18.2 Å². The summed E-state index contributed by atoms with van der Waals surface area (Å²) in [5.41, 5.74) is 2.65. The largest absolute Gasteiger partial charge is 1.00 e. The third kappa shape index (κ3) is 3.96. The maximum absolute atomic E-state index is 5.04. The van der Waals surface area contributed by atoms with Crippen molar-refractivity contribution in [2.24, 2.45) is 0 Å². The Balaban J connectivity index is 0.00000112. The van der Waals surface area contributed by atoms with E-state index < -0.39 is 0 Å². The Kier molecular flexibility index (Phi) is 5.34. The topological polar surface area (TPSA) is 0 Å². The molecule has 0 atom stereocenters. The number of rotatable bonds is 2. The molecule has 70 valence electrons. The third-order valence-electron chi connectivity index (χ3n) is 2.17. The van der Waals surface area contributed by atoms with Crippen molar-refractivity contribution in [1.29, 1.82) is 0 Å². The SMILES string of the molecule is [Na+].[S-]c1ccc(Cc2ccccc2)cc1. The fraction of sp³-hybridized carbons (Fsp3) is 0.0769. The Labute approximate surface area is 118 Å². The third-order valence-corrected chi connectivity index (χ3v) is 2.45. The van der Waals surface area contributed by atoms with Crippen LogP contribution < -0.4 is 29.6 Å². The molecule has 0 nitrogen and oxygen atoms in total. The Morgan fingerprint density at radius 3 is 1.87 bits per heavy atom. The zero-order valence-corrected chi connectivity index (χ0v) is 11.6. The predicted octanol–water partition coefficient (Wildman–Crippen LogP) is 0.187. The quantitative estimate of drug-likeness (QED) is 0.516. The van der Waals surface area contributed by atoms with Gasteiger partial charge >= 0.3 is 29.6 Å². The number of benzene rings is 2. The minimum absolute atomic E-state index is 0. The van der Waals surface area contributed by atoms with Crippen LogP contribution in [0.1, 0.15) is 11.1 Å². The molecule has 2 aromatic rings. The fourth-order valence-electron chi connectivity index (χ4n) is 1.44. The van der Waals surface area contributed by atoms with Gasteiger partial charge in [-0.25, -0.2) is 0 Å². The summed E-state index contributed by atoms with van der Waals surface area (Å²) in [6.07, 6.45) is 0.983. The molecule has 0 N–H and O–H groups in total. The first-order valence-electron chi connectivity index (χ1n) is 4.64. The maximum atomic E-state index is 5.04. The number of hydrogen-bond acceptors (Lipinski definition) is 1. The van der Waals surface area contributed by atoms with Crippen molar-refractivity contribution in [2.45, 2.75) is 11.3 Å². The van der Waals surface area contributed by atoms with Gasteiger partial charge in [0, 0.05) is 0 Å². The Bertz CT molecular complexity index is 395. The molecule has 2 rings (SSSR count). The van der Waals surface area contributed by atoms with Crippen LogP contribution in [0, 0.1) is 0 Å². The van der Waals surface area contributed by atoms with Gasteiger partial charge in [-0.2, -0.15) is 4.90 Å². The second-order valence-electron chi connectivity index (χ2n) is 3.31. The van der Waals surface area contributed by atoms with Gasteiger partial charge in [-0.15, -0.1) is 0 Å². The second kappa shape index (κ2) is 6.29. The molecule has 0 saturated heterocycles. The van der Waals surface area contributed by atoms with Crippen LogP contribution in [0.15, 0.2) is 59.5 Å². The van der Waals surface area contributed by atoms with Gasteiger partial charge in [0.15, 0.2) is 0 Å². The first-order valence-corrected chi connectivity index (χ1v) is 5.05. The molecule has 0 aliphatic heterocycles. The van der Waals surface area contributed by atoms with Crippen molar-refractivity contribution in [1.82, 2.24) is 0 Å². The Morgan fingerprint density at radius 1 is 0.733 bits per heavy atom. The summed E-state index contributed by atoms with van der Waals surface area (Å²) < 4.78 is 0. The molecule has 0 radical (unpaired) electrons. The van der Waals surface area contributed by atoms with E-state index in [1.54, 1.807) is 0 Å². The standard InChI is InChI=1S/C13H12S.Na/c14-13-8-6-12(7-9-13)10-11-4-2-1-3-5-11;/h1-9,14H,10H2;/q;+1/p-1. The summed E-state index contributed by atoms with van der Waals surface area (Å²) in [4.78, 5) is 0.904. The van der Waals surface area contributed by atoms with E-state index in [4.69, 9.17) is 12.6 Å². The van der Waals surface area contributed by atoms with Gasteiger partial charge in [-0.3, -0.25) is 0 Å². The van der Waals surface area contributed by atoms with Crippen LogP contribution in [0.3, 0.4) is 0 Å². The molecule has 0 heterocycles. The zero-order chi connectivity index (χ0) is 9.80. The normalized spacial score (nSPS) is 9.33. The molecule has 0 saturated carbocycles. The van der Waals surface area contributed by atoms with Crippen LogP contribution in [0.2, 0.25) is 0 Å². The van der Waals surface area contributed by atoms with Gasteiger partial charge in [0.1, 0.15) is 0 Å².